The normalized spacial score (nSPS) is 13.4. The molecule has 5 nitrogen and oxygen atoms in total. The number of hydrogen-bond acceptors (Lipinski definition) is 4. The summed E-state index contributed by atoms with van der Waals surface area (Å²) in [6.45, 7) is 5.88. The molecular weight excluding hydrogens is 290 g/mol. The van der Waals surface area contributed by atoms with E-state index in [-0.39, 0.29) is 22.6 Å². The van der Waals surface area contributed by atoms with Crippen LogP contribution in [-0.2, 0) is 14.8 Å². The van der Waals surface area contributed by atoms with Gasteiger partial charge in [0.05, 0.1) is 11.5 Å². The smallest absolute Gasteiger partial charge is 0.240 e. The van der Waals surface area contributed by atoms with Gasteiger partial charge in [-0.05, 0) is 18.1 Å². The van der Waals surface area contributed by atoms with Crippen LogP contribution in [0.3, 0.4) is 0 Å². The van der Waals surface area contributed by atoms with Crippen molar-refractivity contribution in [1.29, 1.82) is 0 Å². The van der Waals surface area contributed by atoms with Gasteiger partial charge in [-0.2, -0.15) is 0 Å². The molecule has 6 heteroatoms. The number of hydrogen-bond donors (Lipinski definition) is 1. The number of carbonyl (C=O) groups is 1. The zero-order valence-corrected chi connectivity index (χ0v) is 13.7. The molecule has 0 bridgehead atoms. The van der Waals surface area contributed by atoms with E-state index in [0.29, 0.717) is 18.6 Å². The summed E-state index contributed by atoms with van der Waals surface area (Å²) >= 11 is 0. The van der Waals surface area contributed by atoms with Crippen LogP contribution in [0.4, 0.5) is 0 Å². The quantitative estimate of drug-likeness (QED) is 0.747. The van der Waals surface area contributed by atoms with Crippen molar-refractivity contribution in [1.82, 2.24) is 4.72 Å². The molecule has 0 saturated heterocycles. The van der Waals surface area contributed by atoms with E-state index in [1.165, 1.54) is 19.2 Å². The van der Waals surface area contributed by atoms with Crippen LogP contribution in [0, 0.1) is 5.92 Å². The summed E-state index contributed by atoms with van der Waals surface area (Å²) in [6, 6.07) is 5.79. The molecule has 1 N–H and O–H groups in total. The highest BCUT2D eigenvalue weighted by molar-refractivity contribution is 7.89. The van der Waals surface area contributed by atoms with Crippen molar-refractivity contribution in [3.8, 4) is 0 Å². The minimum Gasteiger partial charge on any atom is -0.383 e. The number of methoxy groups -OCH3 is 1. The number of ketones is 1. The van der Waals surface area contributed by atoms with Crippen LogP contribution < -0.4 is 4.72 Å². The molecule has 0 fully saturated rings. The highest BCUT2D eigenvalue weighted by Crippen LogP contribution is 2.15. The van der Waals surface area contributed by atoms with Crippen LogP contribution in [0.15, 0.2) is 29.2 Å². The molecule has 1 aromatic rings. The molecule has 1 rings (SSSR count). The number of carbonyl (C=O) groups excluding carboxylic acids is 1. The average Bonchev–Trinajstić information content (AvgIpc) is 2.45. The Morgan fingerprint density at radius 3 is 2.52 bits per heavy atom. The molecule has 21 heavy (non-hydrogen) atoms. The third-order valence-electron chi connectivity index (χ3n) is 3.24. The second-order valence-electron chi connectivity index (χ2n) is 5.23. The van der Waals surface area contributed by atoms with Gasteiger partial charge in [-0.25, -0.2) is 13.1 Å². The predicted octanol–water partition coefficient (Wildman–Crippen LogP) is 2.23. The Morgan fingerprint density at radius 2 is 2.00 bits per heavy atom. The van der Waals surface area contributed by atoms with Crippen molar-refractivity contribution in [2.75, 3.05) is 13.7 Å². The molecule has 0 aliphatic rings. The topological polar surface area (TPSA) is 72.5 Å². The third kappa shape index (κ3) is 4.91. The zero-order valence-electron chi connectivity index (χ0n) is 12.9. The van der Waals surface area contributed by atoms with E-state index in [4.69, 9.17) is 4.74 Å². The van der Waals surface area contributed by atoms with Gasteiger partial charge >= 0.3 is 0 Å². The lowest BCUT2D eigenvalue weighted by Gasteiger charge is -2.21. The summed E-state index contributed by atoms with van der Waals surface area (Å²) in [4.78, 5) is 11.8. The summed E-state index contributed by atoms with van der Waals surface area (Å²) < 4.78 is 32.5. The van der Waals surface area contributed by atoms with Crippen LogP contribution in [0.1, 0.15) is 37.6 Å². The minimum atomic E-state index is -3.67. The molecular formula is C15H23NO4S. The Labute approximate surface area is 126 Å². The number of Topliss-reactive ketones (excluding diaryl/α,β-unsaturated/α-hetero) is 1. The summed E-state index contributed by atoms with van der Waals surface area (Å²) in [7, 11) is -2.14. The Bertz CT molecular complexity index is 581. The first kappa shape index (κ1) is 17.8. The first-order valence-electron chi connectivity index (χ1n) is 6.96. The van der Waals surface area contributed by atoms with Crippen molar-refractivity contribution < 1.29 is 17.9 Å². The lowest BCUT2D eigenvalue weighted by atomic mass is 10.1. The summed E-state index contributed by atoms with van der Waals surface area (Å²) in [6.07, 6.45) is 0.342. The van der Waals surface area contributed by atoms with Crippen molar-refractivity contribution in [2.24, 2.45) is 5.92 Å². The number of benzene rings is 1. The van der Waals surface area contributed by atoms with E-state index in [9.17, 15) is 13.2 Å². The second-order valence-corrected chi connectivity index (χ2v) is 6.95. The average molecular weight is 313 g/mol. The molecule has 118 valence electrons. The Hall–Kier alpha value is -1.24. The summed E-state index contributed by atoms with van der Waals surface area (Å²) in [5, 5.41) is 0. The maximum Gasteiger partial charge on any atom is 0.240 e. The molecule has 0 aliphatic heterocycles. The molecule has 0 heterocycles. The maximum absolute atomic E-state index is 12.4. The highest BCUT2D eigenvalue weighted by atomic mass is 32.2. The van der Waals surface area contributed by atoms with E-state index in [2.05, 4.69) is 4.72 Å². The van der Waals surface area contributed by atoms with E-state index in [1.54, 1.807) is 19.1 Å². The standard InChI is InChI=1S/C15H23NO4S/c1-5-15(17)12-7-6-8-13(9-12)21(18,19)16-14(10-20-4)11(2)3/h6-9,11,14,16H,5,10H2,1-4H3. The number of ether oxygens (including phenoxy) is 1. The Morgan fingerprint density at radius 1 is 1.33 bits per heavy atom. The lowest BCUT2D eigenvalue weighted by Crippen LogP contribution is -2.41. The van der Waals surface area contributed by atoms with Gasteiger partial charge in [0.2, 0.25) is 10.0 Å². The highest BCUT2D eigenvalue weighted by Gasteiger charge is 2.23. The Balaban J connectivity index is 3.04. The fourth-order valence-corrected chi connectivity index (χ4v) is 3.26. The molecule has 0 saturated carbocycles. The molecule has 0 spiro atoms. The fraction of sp³-hybridized carbons (Fsp3) is 0.533. The SMILES string of the molecule is CCC(=O)c1cccc(S(=O)(=O)NC(COC)C(C)C)c1. The number of rotatable bonds is 8. The predicted molar refractivity (Wildman–Crippen MR) is 81.9 cm³/mol. The fourth-order valence-electron chi connectivity index (χ4n) is 1.85. The van der Waals surface area contributed by atoms with E-state index >= 15 is 0 Å². The summed E-state index contributed by atoms with van der Waals surface area (Å²) in [5.41, 5.74) is 0.410. The van der Waals surface area contributed by atoms with Crippen LogP contribution in [0.2, 0.25) is 0 Å². The zero-order chi connectivity index (χ0) is 16.0. The molecule has 0 amide bonds. The molecule has 1 atom stereocenters. The largest absolute Gasteiger partial charge is 0.383 e. The van der Waals surface area contributed by atoms with Gasteiger partial charge < -0.3 is 4.74 Å². The summed E-state index contributed by atoms with van der Waals surface area (Å²) in [5.74, 6) is 0.0181. The monoisotopic (exact) mass is 313 g/mol. The van der Waals surface area contributed by atoms with Crippen molar-refractivity contribution in [2.45, 2.75) is 38.1 Å². The van der Waals surface area contributed by atoms with Gasteiger partial charge in [0.25, 0.3) is 0 Å². The maximum atomic E-state index is 12.4. The Kier molecular flexibility index (Phi) is 6.51. The lowest BCUT2D eigenvalue weighted by molar-refractivity contribution is 0.0988. The number of nitrogens with one attached hydrogen (secondary N) is 1. The van der Waals surface area contributed by atoms with Gasteiger partial charge in [0.1, 0.15) is 0 Å². The molecule has 0 aromatic heterocycles. The van der Waals surface area contributed by atoms with E-state index < -0.39 is 10.0 Å². The van der Waals surface area contributed by atoms with Crippen LogP contribution in [0.25, 0.3) is 0 Å². The van der Waals surface area contributed by atoms with E-state index in [0.717, 1.165) is 0 Å². The molecule has 1 aromatic carbocycles. The van der Waals surface area contributed by atoms with Gasteiger partial charge in [0.15, 0.2) is 5.78 Å². The van der Waals surface area contributed by atoms with Gasteiger partial charge in [-0.3, -0.25) is 4.79 Å². The van der Waals surface area contributed by atoms with Crippen LogP contribution in [0.5, 0.6) is 0 Å². The molecule has 0 radical (unpaired) electrons. The minimum absolute atomic E-state index is 0.0793. The third-order valence-corrected chi connectivity index (χ3v) is 4.73. The van der Waals surface area contributed by atoms with E-state index in [1.807, 2.05) is 13.8 Å². The van der Waals surface area contributed by atoms with Crippen LogP contribution in [-0.4, -0.2) is 34.0 Å². The second kappa shape index (κ2) is 7.68. The van der Waals surface area contributed by atoms with Crippen LogP contribution >= 0.6 is 0 Å². The van der Waals surface area contributed by atoms with Gasteiger partial charge in [-0.15, -0.1) is 0 Å². The van der Waals surface area contributed by atoms with Crippen molar-refractivity contribution >= 4 is 15.8 Å². The molecule has 1 unspecified atom stereocenters. The number of sulfonamides is 1. The molecule has 0 aliphatic carbocycles. The first-order chi connectivity index (χ1) is 9.81. The van der Waals surface area contributed by atoms with Crippen molar-refractivity contribution in [3.63, 3.8) is 0 Å². The van der Waals surface area contributed by atoms with Gasteiger partial charge in [0, 0.05) is 25.1 Å². The van der Waals surface area contributed by atoms with Gasteiger partial charge in [-0.1, -0.05) is 32.9 Å². The first-order valence-corrected chi connectivity index (χ1v) is 8.44. The van der Waals surface area contributed by atoms with Crippen molar-refractivity contribution in [3.05, 3.63) is 29.8 Å².